The van der Waals surface area contributed by atoms with Crippen LogP contribution in [0.5, 0.6) is 0 Å². The SMILES string of the molecule is CCSCCC(=O)NCCn1nc2ccccn2c1=O. The summed E-state index contributed by atoms with van der Waals surface area (Å²) in [7, 11) is 0. The van der Waals surface area contributed by atoms with Gasteiger partial charge in [0.05, 0.1) is 6.54 Å². The van der Waals surface area contributed by atoms with Gasteiger partial charge in [-0.05, 0) is 17.9 Å². The van der Waals surface area contributed by atoms with Gasteiger partial charge in [0.25, 0.3) is 0 Å². The lowest BCUT2D eigenvalue weighted by molar-refractivity contribution is -0.120. The van der Waals surface area contributed by atoms with Crippen LogP contribution in [-0.2, 0) is 11.3 Å². The van der Waals surface area contributed by atoms with Crippen molar-refractivity contribution in [3.8, 4) is 0 Å². The van der Waals surface area contributed by atoms with Gasteiger partial charge in [-0.15, -0.1) is 5.10 Å². The maximum absolute atomic E-state index is 12.0. The third kappa shape index (κ3) is 3.63. The predicted molar refractivity (Wildman–Crippen MR) is 80.1 cm³/mol. The van der Waals surface area contributed by atoms with Gasteiger partial charge in [0.2, 0.25) is 5.91 Å². The molecule has 0 radical (unpaired) electrons. The zero-order valence-corrected chi connectivity index (χ0v) is 12.2. The van der Waals surface area contributed by atoms with Crippen LogP contribution >= 0.6 is 11.8 Å². The summed E-state index contributed by atoms with van der Waals surface area (Å²) in [5.74, 6) is 1.86. The molecule has 0 aromatic carbocycles. The first-order valence-corrected chi connectivity index (χ1v) is 7.76. The second-order valence-corrected chi connectivity index (χ2v) is 5.63. The lowest BCUT2D eigenvalue weighted by Gasteiger charge is -2.04. The topological polar surface area (TPSA) is 68.4 Å². The Morgan fingerprint density at radius 2 is 2.30 bits per heavy atom. The minimum Gasteiger partial charge on any atom is -0.354 e. The van der Waals surface area contributed by atoms with Crippen molar-refractivity contribution < 1.29 is 4.79 Å². The lowest BCUT2D eigenvalue weighted by Crippen LogP contribution is -2.31. The molecule has 0 saturated carbocycles. The molecule has 6 nitrogen and oxygen atoms in total. The van der Waals surface area contributed by atoms with Crippen molar-refractivity contribution in [2.45, 2.75) is 19.9 Å². The zero-order valence-electron chi connectivity index (χ0n) is 11.4. The molecule has 0 aliphatic rings. The highest BCUT2D eigenvalue weighted by Crippen LogP contribution is 2.00. The molecule has 2 aromatic heterocycles. The van der Waals surface area contributed by atoms with E-state index in [9.17, 15) is 9.59 Å². The molecule has 2 heterocycles. The molecule has 0 unspecified atom stereocenters. The van der Waals surface area contributed by atoms with Gasteiger partial charge in [-0.2, -0.15) is 11.8 Å². The fourth-order valence-electron chi connectivity index (χ4n) is 1.81. The highest BCUT2D eigenvalue weighted by molar-refractivity contribution is 7.99. The highest BCUT2D eigenvalue weighted by atomic mass is 32.2. The molecule has 2 aromatic rings. The first kappa shape index (κ1) is 14.6. The number of hydrogen-bond acceptors (Lipinski definition) is 4. The third-order valence-corrected chi connectivity index (χ3v) is 3.71. The molecule has 0 saturated heterocycles. The van der Waals surface area contributed by atoms with Gasteiger partial charge < -0.3 is 5.32 Å². The second kappa shape index (κ2) is 7.14. The number of amides is 1. The van der Waals surface area contributed by atoms with Crippen LogP contribution in [-0.4, -0.2) is 38.1 Å². The smallest absolute Gasteiger partial charge is 0.350 e. The van der Waals surface area contributed by atoms with E-state index in [1.807, 2.05) is 6.07 Å². The number of hydrogen-bond donors (Lipinski definition) is 1. The molecular weight excluding hydrogens is 276 g/mol. The van der Waals surface area contributed by atoms with E-state index in [-0.39, 0.29) is 11.6 Å². The van der Waals surface area contributed by atoms with Gasteiger partial charge in [-0.1, -0.05) is 13.0 Å². The van der Waals surface area contributed by atoms with Crippen molar-refractivity contribution in [3.63, 3.8) is 0 Å². The van der Waals surface area contributed by atoms with Crippen LogP contribution in [0.4, 0.5) is 0 Å². The van der Waals surface area contributed by atoms with Gasteiger partial charge in [0.1, 0.15) is 0 Å². The van der Waals surface area contributed by atoms with Crippen molar-refractivity contribution in [1.82, 2.24) is 19.5 Å². The maximum Gasteiger partial charge on any atom is 0.350 e. The largest absolute Gasteiger partial charge is 0.354 e. The molecular formula is C13H18N4O2S. The van der Waals surface area contributed by atoms with Crippen LogP contribution < -0.4 is 11.0 Å². The fraction of sp³-hybridized carbons (Fsp3) is 0.462. The van der Waals surface area contributed by atoms with Crippen LogP contribution in [0.2, 0.25) is 0 Å². The average molecular weight is 294 g/mol. The normalized spacial score (nSPS) is 10.8. The summed E-state index contributed by atoms with van der Waals surface area (Å²) in [6.45, 7) is 2.87. The van der Waals surface area contributed by atoms with Gasteiger partial charge in [-0.25, -0.2) is 9.48 Å². The van der Waals surface area contributed by atoms with Crippen molar-refractivity contribution in [3.05, 3.63) is 34.9 Å². The summed E-state index contributed by atoms with van der Waals surface area (Å²) in [6, 6.07) is 5.39. The molecule has 0 aliphatic heterocycles. The Hall–Kier alpha value is -1.76. The van der Waals surface area contributed by atoms with Gasteiger partial charge in [0.15, 0.2) is 5.65 Å². The van der Waals surface area contributed by atoms with E-state index in [0.717, 1.165) is 11.5 Å². The van der Waals surface area contributed by atoms with Gasteiger partial charge >= 0.3 is 5.69 Å². The summed E-state index contributed by atoms with van der Waals surface area (Å²) >= 11 is 1.74. The molecule has 0 aliphatic carbocycles. The van der Waals surface area contributed by atoms with Crippen LogP contribution in [0.25, 0.3) is 5.65 Å². The van der Waals surface area contributed by atoms with E-state index in [4.69, 9.17) is 0 Å². The molecule has 1 amide bonds. The van der Waals surface area contributed by atoms with Gasteiger partial charge in [0, 0.05) is 24.9 Å². The van der Waals surface area contributed by atoms with E-state index in [2.05, 4.69) is 17.3 Å². The number of carbonyl (C=O) groups excluding carboxylic acids is 1. The number of pyridine rings is 1. The Bertz CT molecular complexity index is 635. The molecule has 0 fully saturated rings. The molecule has 7 heteroatoms. The fourth-order valence-corrected chi connectivity index (χ4v) is 2.43. The molecule has 20 heavy (non-hydrogen) atoms. The predicted octanol–water partition coefficient (Wildman–Crippen LogP) is 0.755. The number of nitrogens with zero attached hydrogens (tertiary/aromatic N) is 3. The van der Waals surface area contributed by atoms with Crippen LogP contribution in [0.15, 0.2) is 29.2 Å². The Labute approximate surface area is 121 Å². The zero-order chi connectivity index (χ0) is 14.4. The van der Waals surface area contributed by atoms with E-state index >= 15 is 0 Å². The number of aromatic nitrogens is 3. The number of rotatable bonds is 7. The van der Waals surface area contributed by atoms with Crippen LogP contribution in [0.3, 0.4) is 0 Å². The summed E-state index contributed by atoms with van der Waals surface area (Å²) < 4.78 is 2.86. The quantitative estimate of drug-likeness (QED) is 0.765. The average Bonchev–Trinajstić information content (AvgIpc) is 2.77. The Morgan fingerprint density at radius 3 is 3.05 bits per heavy atom. The number of thioether (sulfide) groups is 1. The van der Waals surface area contributed by atoms with Crippen molar-refractivity contribution in [2.24, 2.45) is 0 Å². The standard InChI is InChI=1S/C13H18N4O2S/c1-2-20-10-6-12(18)14-7-9-17-13(19)16-8-4-3-5-11(16)15-17/h3-5,8H,2,6-7,9-10H2,1H3,(H,14,18). The van der Waals surface area contributed by atoms with Crippen LogP contribution in [0, 0.1) is 0 Å². The molecule has 2 rings (SSSR count). The molecule has 0 spiro atoms. The monoisotopic (exact) mass is 294 g/mol. The van der Waals surface area contributed by atoms with E-state index in [0.29, 0.717) is 25.2 Å². The first-order valence-electron chi connectivity index (χ1n) is 6.61. The summed E-state index contributed by atoms with van der Waals surface area (Å²) in [5, 5.41) is 7.00. The van der Waals surface area contributed by atoms with E-state index in [1.54, 1.807) is 30.1 Å². The molecule has 0 atom stereocenters. The third-order valence-electron chi connectivity index (χ3n) is 2.81. The minimum absolute atomic E-state index is 0.0164. The van der Waals surface area contributed by atoms with Gasteiger partial charge in [-0.3, -0.25) is 9.20 Å². The molecule has 0 bridgehead atoms. The number of carbonyl (C=O) groups is 1. The second-order valence-electron chi connectivity index (χ2n) is 4.23. The summed E-state index contributed by atoms with van der Waals surface area (Å²) in [4.78, 5) is 23.5. The maximum atomic E-state index is 12.0. The van der Waals surface area contributed by atoms with Crippen molar-refractivity contribution in [2.75, 3.05) is 18.1 Å². The van der Waals surface area contributed by atoms with Crippen molar-refractivity contribution in [1.29, 1.82) is 0 Å². The Kier molecular flexibility index (Phi) is 5.23. The van der Waals surface area contributed by atoms with Crippen LogP contribution in [0.1, 0.15) is 13.3 Å². The number of nitrogens with one attached hydrogen (secondary N) is 1. The van der Waals surface area contributed by atoms with E-state index < -0.39 is 0 Å². The van der Waals surface area contributed by atoms with Crippen molar-refractivity contribution >= 4 is 23.3 Å². The lowest BCUT2D eigenvalue weighted by atomic mass is 10.4. The summed E-state index contributed by atoms with van der Waals surface area (Å²) in [5.41, 5.74) is 0.430. The first-order chi connectivity index (χ1) is 9.72. The number of fused-ring (bicyclic) bond motifs is 1. The highest BCUT2D eigenvalue weighted by Gasteiger charge is 2.06. The summed E-state index contributed by atoms with van der Waals surface area (Å²) in [6.07, 6.45) is 2.19. The molecule has 108 valence electrons. The molecule has 1 N–H and O–H groups in total. The Morgan fingerprint density at radius 1 is 1.45 bits per heavy atom. The Balaban J connectivity index is 1.85. The van der Waals surface area contributed by atoms with E-state index in [1.165, 1.54) is 9.08 Å². The minimum atomic E-state index is -0.184.